The molecule has 0 aromatic heterocycles. The van der Waals surface area contributed by atoms with Gasteiger partial charge in [0.2, 0.25) is 0 Å². The van der Waals surface area contributed by atoms with Gasteiger partial charge in [-0.3, -0.25) is 4.79 Å². The van der Waals surface area contributed by atoms with E-state index in [9.17, 15) is 4.79 Å². The van der Waals surface area contributed by atoms with Crippen molar-refractivity contribution in [3.63, 3.8) is 0 Å². The minimum atomic E-state index is 0.403. The Balaban J connectivity index is 2.77. The number of hydrogen-bond donors (Lipinski definition) is 1. The Bertz CT molecular complexity index is 258. The molecule has 1 N–H and O–H groups in total. The van der Waals surface area contributed by atoms with Crippen molar-refractivity contribution in [2.24, 2.45) is 0 Å². The highest BCUT2D eigenvalue weighted by atomic mass is 32.1. The molecule has 1 amide bonds. The van der Waals surface area contributed by atoms with Gasteiger partial charge in [-0.15, -0.1) is 0 Å². The summed E-state index contributed by atoms with van der Waals surface area (Å²) in [5, 5.41) is 2.29. The molecule has 0 heterocycles. The summed E-state index contributed by atoms with van der Waals surface area (Å²) in [5.74, 6) is 0. The van der Waals surface area contributed by atoms with E-state index in [1.807, 2.05) is 30.3 Å². The maximum absolute atomic E-state index is 9.86. The number of amides is 1. The summed E-state index contributed by atoms with van der Waals surface area (Å²) in [7, 11) is 0. The van der Waals surface area contributed by atoms with Crippen LogP contribution in [0.1, 0.15) is 5.56 Å². The van der Waals surface area contributed by atoms with E-state index in [0.29, 0.717) is 4.99 Å². The molecule has 0 saturated heterocycles. The SMILES string of the molecule is O=[C]NC(=S)c1ccccc1. The lowest BCUT2D eigenvalue weighted by Crippen LogP contribution is -2.19. The van der Waals surface area contributed by atoms with Crippen molar-refractivity contribution in [1.29, 1.82) is 0 Å². The largest absolute Gasteiger partial charge is 0.314 e. The second-order valence-electron chi connectivity index (χ2n) is 1.92. The number of benzene rings is 1. The molecule has 0 unspecified atom stereocenters. The van der Waals surface area contributed by atoms with Gasteiger partial charge >= 0.3 is 6.41 Å². The monoisotopic (exact) mass is 164 g/mol. The molecule has 11 heavy (non-hydrogen) atoms. The Morgan fingerprint density at radius 3 is 2.55 bits per heavy atom. The molecule has 0 saturated carbocycles. The average Bonchev–Trinajstić information content (AvgIpc) is 2.07. The minimum Gasteiger partial charge on any atom is -0.308 e. The summed E-state index contributed by atoms with van der Waals surface area (Å²) in [6.45, 7) is 0. The van der Waals surface area contributed by atoms with Gasteiger partial charge in [0.1, 0.15) is 4.99 Å². The Morgan fingerprint density at radius 2 is 2.00 bits per heavy atom. The fraction of sp³-hybridized carbons (Fsp3) is 0. The molecule has 3 heteroatoms. The summed E-state index contributed by atoms with van der Waals surface area (Å²) < 4.78 is 0. The molecule has 0 aliphatic heterocycles. The van der Waals surface area contributed by atoms with E-state index in [1.165, 1.54) is 6.41 Å². The van der Waals surface area contributed by atoms with Crippen molar-refractivity contribution in [3.05, 3.63) is 35.9 Å². The summed E-state index contributed by atoms with van der Waals surface area (Å²) >= 11 is 4.85. The summed E-state index contributed by atoms with van der Waals surface area (Å²) in [6.07, 6.45) is 1.52. The maximum Gasteiger partial charge on any atom is 0.314 e. The molecular weight excluding hydrogens is 158 g/mol. The number of rotatable bonds is 2. The van der Waals surface area contributed by atoms with Crippen molar-refractivity contribution >= 4 is 23.6 Å². The molecule has 1 radical (unpaired) electrons. The average molecular weight is 164 g/mol. The highest BCUT2D eigenvalue weighted by Crippen LogP contribution is 1.97. The Labute approximate surface area is 70.2 Å². The van der Waals surface area contributed by atoms with Crippen molar-refractivity contribution in [1.82, 2.24) is 5.32 Å². The van der Waals surface area contributed by atoms with Crippen LogP contribution in [-0.2, 0) is 4.79 Å². The van der Waals surface area contributed by atoms with Crippen LogP contribution in [0.4, 0.5) is 0 Å². The van der Waals surface area contributed by atoms with Crippen molar-refractivity contribution in [2.45, 2.75) is 0 Å². The second kappa shape index (κ2) is 3.83. The molecule has 1 aromatic rings. The quantitative estimate of drug-likeness (QED) is 0.522. The summed E-state index contributed by atoms with van der Waals surface area (Å²) in [4.78, 5) is 10.3. The summed E-state index contributed by atoms with van der Waals surface area (Å²) in [6, 6.07) is 9.25. The van der Waals surface area contributed by atoms with Gasteiger partial charge in [-0.1, -0.05) is 42.5 Å². The van der Waals surface area contributed by atoms with Crippen LogP contribution >= 0.6 is 12.2 Å². The second-order valence-corrected chi connectivity index (χ2v) is 2.33. The number of hydrogen-bond acceptors (Lipinski definition) is 2. The molecule has 0 atom stereocenters. The molecule has 0 bridgehead atoms. The lowest BCUT2D eigenvalue weighted by molar-refractivity contribution is 0.552. The number of nitrogens with one attached hydrogen (secondary N) is 1. The first kappa shape index (κ1) is 7.88. The molecule has 0 spiro atoms. The van der Waals surface area contributed by atoms with E-state index >= 15 is 0 Å². The smallest absolute Gasteiger partial charge is 0.308 e. The Kier molecular flexibility index (Phi) is 2.74. The molecule has 2 nitrogen and oxygen atoms in total. The van der Waals surface area contributed by atoms with Gasteiger partial charge in [-0.2, -0.15) is 0 Å². The fourth-order valence-corrected chi connectivity index (χ4v) is 0.886. The third kappa shape index (κ3) is 2.13. The van der Waals surface area contributed by atoms with Crippen LogP contribution in [0.25, 0.3) is 0 Å². The van der Waals surface area contributed by atoms with Gasteiger partial charge in [-0.25, -0.2) is 0 Å². The van der Waals surface area contributed by atoms with Crippen LogP contribution < -0.4 is 5.32 Å². The minimum absolute atomic E-state index is 0.403. The van der Waals surface area contributed by atoms with Gasteiger partial charge < -0.3 is 5.32 Å². The van der Waals surface area contributed by atoms with Gasteiger partial charge in [0.15, 0.2) is 0 Å². The number of carbonyl (C=O) groups excluding carboxylic acids is 1. The molecule has 0 aliphatic rings. The van der Waals surface area contributed by atoms with E-state index in [1.54, 1.807) is 0 Å². The van der Waals surface area contributed by atoms with Crippen LogP contribution in [0.2, 0.25) is 0 Å². The third-order valence-electron chi connectivity index (χ3n) is 1.20. The summed E-state index contributed by atoms with van der Waals surface area (Å²) in [5.41, 5.74) is 0.825. The van der Waals surface area contributed by atoms with Gasteiger partial charge in [0.05, 0.1) is 0 Å². The molecule has 0 aliphatic carbocycles. The van der Waals surface area contributed by atoms with Crippen LogP contribution in [0.3, 0.4) is 0 Å². The van der Waals surface area contributed by atoms with E-state index < -0.39 is 0 Å². The normalized spacial score (nSPS) is 8.73. The zero-order chi connectivity index (χ0) is 8.10. The van der Waals surface area contributed by atoms with Crippen LogP contribution in [0.15, 0.2) is 30.3 Å². The van der Waals surface area contributed by atoms with Gasteiger partial charge in [0, 0.05) is 5.56 Å². The van der Waals surface area contributed by atoms with Crippen molar-refractivity contribution < 1.29 is 4.79 Å². The van der Waals surface area contributed by atoms with Crippen LogP contribution in [-0.4, -0.2) is 11.4 Å². The highest BCUT2D eigenvalue weighted by Gasteiger charge is 1.96. The zero-order valence-electron chi connectivity index (χ0n) is 5.70. The van der Waals surface area contributed by atoms with E-state index in [2.05, 4.69) is 5.32 Å². The Hall–Kier alpha value is -1.22. The predicted molar refractivity (Wildman–Crippen MR) is 47.0 cm³/mol. The molecule has 1 aromatic carbocycles. The molecule has 0 fully saturated rings. The van der Waals surface area contributed by atoms with E-state index in [-0.39, 0.29) is 0 Å². The molecule has 1 rings (SSSR count). The fourth-order valence-electron chi connectivity index (χ4n) is 0.708. The first-order chi connectivity index (χ1) is 5.34. The lowest BCUT2D eigenvalue weighted by Gasteiger charge is -1.98. The van der Waals surface area contributed by atoms with Crippen LogP contribution in [0.5, 0.6) is 0 Å². The van der Waals surface area contributed by atoms with E-state index in [0.717, 1.165) is 5.56 Å². The third-order valence-corrected chi connectivity index (χ3v) is 1.54. The zero-order valence-corrected chi connectivity index (χ0v) is 6.52. The van der Waals surface area contributed by atoms with Gasteiger partial charge in [-0.05, 0) is 0 Å². The first-order valence-electron chi connectivity index (χ1n) is 3.07. The Morgan fingerprint density at radius 1 is 1.36 bits per heavy atom. The predicted octanol–water partition coefficient (Wildman–Crippen LogP) is 1.02. The first-order valence-corrected chi connectivity index (χ1v) is 3.48. The highest BCUT2D eigenvalue weighted by molar-refractivity contribution is 7.80. The van der Waals surface area contributed by atoms with Crippen molar-refractivity contribution in [3.8, 4) is 0 Å². The van der Waals surface area contributed by atoms with Crippen LogP contribution in [0, 0.1) is 0 Å². The lowest BCUT2D eigenvalue weighted by atomic mass is 10.2. The maximum atomic E-state index is 9.86. The molecular formula is C8H6NOS. The van der Waals surface area contributed by atoms with E-state index in [4.69, 9.17) is 12.2 Å². The van der Waals surface area contributed by atoms with Gasteiger partial charge in [0.25, 0.3) is 0 Å². The molecule has 55 valence electrons. The number of thiocarbonyl (C=S) groups is 1. The standard InChI is InChI=1S/C8H6NOS/c10-6-9-8(11)7-4-2-1-3-5-7/h1-5H,(H,9,10,11). The topological polar surface area (TPSA) is 29.1 Å². The van der Waals surface area contributed by atoms with Crippen molar-refractivity contribution in [2.75, 3.05) is 0 Å².